The Labute approximate surface area is 117 Å². The molecule has 1 aromatic carbocycles. The molecule has 0 radical (unpaired) electrons. The first kappa shape index (κ1) is 13.9. The van der Waals surface area contributed by atoms with E-state index in [0.717, 1.165) is 16.8 Å². The van der Waals surface area contributed by atoms with Crippen LogP contribution in [0, 0.1) is 13.8 Å². The number of hydrogen-bond donors (Lipinski definition) is 2. The molecule has 4 N–H and O–H groups in total. The van der Waals surface area contributed by atoms with Crippen LogP contribution in [0.3, 0.4) is 0 Å². The first-order valence-electron chi connectivity index (χ1n) is 6.20. The molecule has 2 aromatic rings. The van der Waals surface area contributed by atoms with E-state index in [2.05, 4.69) is 5.10 Å². The van der Waals surface area contributed by atoms with Crippen molar-refractivity contribution in [3.05, 3.63) is 40.7 Å². The van der Waals surface area contributed by atoms with Crippen molar-refractivity contribution in [1.29, 1.82) is 0 Å². The van der Waals surface area contributed by atoms with Crippen LogP contribution in [0.25, 0.3) is 0 Å². The van der Waals surface area contributed by atoms with Crippen LogP contribution >= 0.6 is 0 Å². The van der Waals surface area contributed by atoms with Crippen LogP contribution in [0.2, 0.25) is 0 Å². The second kappa shape index (κ2) is 5.24. The maximum absolute atomic E-state index is 12.1. The molecule has 2 rings (SSSR count). The largest absolute Gasteiger partial charge is 0.456 e. The monoisotopic (exact) mass is 274 g/mol. The highest BCUT2D eigenvalue weighted by Crippen LogP contribution is 2.17. The van der Waals surface area contributed by atoms with Gasteiger partial charge in [-0.1, -0.05) is 0 Å². The smallest absolute Gasteiger partial charge is 0.357 e. The van der Waals surface area contributed by atoms with Gasteiger partial charge in [0.15, 0.2) is 0 Å². The summed E-state index contributed by atoms with van der Waals surface area (Å²) in [5.74, 6) is -0.411. The van der Waals surface area contributed by atoms with E-state index in [1.807, 2.05) is 13.8 Å². The van der Waals surface area contributed by atoms with Crippen LogP contribution in [-0.4, -0.2) is 15.7 Å². The van der Waals surface area contributed by atoms with Crippen molar-refractivity contribution in [3.8, 4) is 0 Å². The normalized spacial score (nSPS) is 10.6. The fourth-order valence-corrected chi connectivity index (χ4v) is 2.10. The number of nitrogen functional groups attached to an aromatic ring is 2. The molecule has 0 amide bonds. The maximum Gasteiger partial charge on any atom is 0.357 e. The first-order chi connectivity index (χ1) is 9.38. The number of nitrogens with zero attached hydrogens (tertiary/aromatic N) is 2. The molecule has 106 valence electrons. The number of ether oxygens (including phenoxy) is 1. The third-order valence-electron chi connectivity index (χ3n) is 3.12. The average Bonchev–Trinajstić information content (AvgIpc) is 2.59. The van der Waals surface area contributed by atoms with Crippen molar-refractivity contribution in [2.75, 3.05) is 11.5 Å². The summed E-state index contributed by atoms with van der Waals surface area (Å²) in [6, 6.07) is 5.11. The third-order valence-corrected chi connectivity index (χ3v) is 3.12. The van der Waals surface area contributed by atoms with Gasteiger partial charge >= 0.3 is 5.97 Å². The van der Waals surface area contributed by atoms with E-state index in [1.165, 1.54) is 4.68 Å². The van der Waals surface area contributed by atoms with Gasteiger partial charge in [-0.05, 0) is 37.6 Å². The highest BCUT2D eigenvalue weighted by molar-refractivity contribution is 5.89. The van der Waals surface area contributed by atoms with Crippen LogP contribution in [0.15, 0.2) is 18.2 Å². The molecule has 1 aromatic heterocycles. The Morgan fingerprint density at radius 1 is 1.25 bits per heavy atom. The van der Waals surface area contributed by atoms with E-state index in [0.29, 0.717) is 17.1 Å². The molecular formula is C14H18N4O2. The van der Waals surface area contributed by atoms with Gasteiger partial charge in [0, 0.05) is 24.0 Å². The van der Waals surface area contributed by atoms with E-state index < -0.39 is 5.97 Å². The summed E-state index contributed by atoms with van der Waals surface area (Å²) < 4.78 is 6.82. The van der Waals surface area contributed by atoms with E-state index in [1.54, 1.807) is 25.2 Å². The molecule has 0 saturated heterocycles. The summed E-state index contributed by atoms with van der Waals surface area (Å²) in [7, 11) is 1.72. The van der Waals surface area contributed by atoms with E-state index in [-0.39, 0.29) is 6.61 Å². The summed E-state index contributed by atoms with van der Waals surface area (Å²) in [6.45, 7) is 3.82. The van der Waals surface area contributed by atoms with Gasteiger partial charge in [0.1, 0.15) is 12.3 Å². The average molecular weight is 274 g/mol. The number of carbonyl (C=O) groups excluding carboxylic acids is 1. The highest BCUT2D eigenvalue weighted by atomic mass is 16.5. The quantitative estimate of drug-likeness (QED) is 0.654. The Balaban J connectivity index is 2.12. The van der Waals surface area contributed by atoms with Gasteiger partial charge in [0.25, 0.3) is 0 Å². The molecule has 0 saturated carbocycles. The lowest BCUT2D eigenvalue weighted by atomic mass is 10.2. The van der Waals surface area contributed by atoms with Gasteiger partial charge in [-0.15, -0.1) is 0 Å². The zero-order chi connectivity index (χ0) is 14.9. The third kappa shape index (κ3) is 2.74. The molecule has 1 heterocycles. The molecule has 0 aliphatic rings. The Kier molecular flexibility index (Phi) is 3.65. The van der Waals surface area contributed by atoms with Crippen LogP contribution in [0.4, 0.5) is 11.4 Å². The lowest BCUT2D eigenvalue weighted by Crippen LogP contribution is -2.12. The van der Waals surface area contributed by atoms with Crippen LogP contribution in [0.1, 0.15) is 27.3 Å². The maximum atomic E-state index is 12.1. The highest BCUT2D eigenvalue weighted by Gasteiger charge is 2.18. The number of aryl methyl sites for hydroxylation is 2. The Morgan fingerprint density at radius 2 is 1.85 bits per heavy atom. The van der Waals surface area contributed by atoms with E-state index >= 15 is 0 Å². The van der Waals surface area contributed by atoms with Gasteiger partial charge in [-0.3, -0.25) is 4.68 Å². The van der Waals surface area contributed by atoms with Crippen LogP contribution < -0.4 is 11.5 Å². The second-order valence-electron chi connectivity index (χ2n) is 4.77. The first-order valence-corrected chi connectivity index (χ1v) is 6.20. The predicted octanol–water partition coefficient (Wildman–Crippen LogP) is 1.56. The number of aromatic nitrogens is 2. The number of carbonyl (C=O) groups is 1. The predicted molar refractivity (Wildman–Crippen MR) is 77.1 cm³/mol. The zero-order valence-corrected chi connectivity index (χ0v) is 11.8. The molecule has 20 heavy (non-hydrogen) atoms. The lowest BCUT2D eigenvalue weighted by Gasteiger charge is -2.07. The molecule has 0 aliphatic carbocycles. The van der Waals surface area contributed by atoms with E-state index in [9.17, 15) is 4.79 Å². The fourth-order valence-electron chi connectivity index (χ4n) is 2.10. The van der Waals surface area contributed by atoms with Gasteiger partial charge in [0.2, 0.25) is 0 Å². The van der Waals surface area contributed by atoms with Crippen molar-refractivity contribution in [1.82, 2.24) is 9.78 Å². The Hall–Kier alpha value is -2.50. The minimum Gasteiger partial charge on any atom is -0.456 e. The van der Waals surface area contributed by atoms with Gasteiger partial charge in [0.05, 0.1) is 5.69 Å². The molecule has 0 aliphatic heterocycles. The fraction of sp³-hybridized carbons (Fsp3) is 0.286. The minimum atomic E-state index is -0.411. The number of rotatable bonds is 3. The number of nitrogens with two attached hydrogens (primary N) is 2. The number of hydrogen-bond acceptors (Lipinski definition) is 5. The summed E-state index contributed by atoms with van der Waals surface area (Å²) in [4.78, 5) is 12.1. The molecule has 6 nitrogen and oxygen atoms in total. The molecule has 0 bridgehead atoms. The number of esters is 1. The molecule has 0 unspecified atom stereocenters. The standard InChI is InChI=1S/C14H18N4O2/c1-8-9(2)17-18(3)13(8)14(19)20-7-10-4-11(15)6-12(16)5-10/h4-6H,7,15-16H2,1-3H3. The van der Waals surface area contributed by atoms with Crippen LogP contribution in [0.5, 0.6) is 0 Å². The van der Waals surface area contributed by atoms with Crippen molar-refractivity contribution in [3.63, 3.8) is 0 Å². The van der Waals surface area contributed by atoms with Crippen molar-refractivity contribution in [2.45, 2.75) is 20.5 Å². The van der Waals surface area contributed by atoms with Crippen molar-refractivity contribution in [2.24, 2.45) is 7.05 Å². The Morgan fingerprint density at radius 3 is 2.35 bits per heavy atom. The molecule has 0 fully saturated rings. The number of anilines is 2. The van der Waals surface area contributed by atoms with E-state index in [4.69, 9.17) is 16.2 Å². The second-order valence-corrected chi connectivity index (χ2v) is 4.77. The molecular weight excluding hydrogens is 256 g/mol. The molecule has 6 heteroatoms. The molecule has 0 atom stereocenters. The van der Waals surface area contributed by atoms with Crippen molar-refractivity contribution < 1.29 is 9.53 Å². The molecule has 0 spiro atoms. The van der Waals surface area contributed by atoms with Gasteiger partial charge < -0.3 is 16.2 Å². The van der Waals surface area contributed by atoms with Crippen molar-refractivity contribution >= 4 is 17.3 Å². The SMILES string of the molecule is Cc1nn(C)c(C(=O)OCc2cc(N)cc(N)c2)c1C. The lowest BCUT2D eigenvalue weighted by molar-refractivity contribution is 0.0459. The van der Waals surface area contributed by atoms with Gasteiger partial charge in [-0.25, -0.2) is 4.79 Å². The number of benzene rings is 1. The summed E-state index contributed by atoms with van der Waals surface area (Å²) in [5, 5.41) is 4.19. The summed E-state index contributed by atoms with van der Waals surface area (Å²) in [5.41, 5.74) is 15.3. The topological polar surface area (TPSA) is 96.2 Å². The van der Waals surface area contributed by atoms with Crippen LogP contribution in [-0.2, 0) is 18.4 Å². The minimum absolute atomic E-state index is 0.123. The zero-order valence-electron chi connectivity index (χ0n) is 11.8. The van der Waals surface area contributed by atoms with Gasteiger partial charge in [-0.2, -0.15) is 5.10 Å². The Bertz CT molecular complexity index is 641. The summed E-state index contributed by atoms with van der Waals surface area (Å²) >= 11 is 0. The summed E-state index contributed by atoms with van der Waals surface area (Å²) in [6.07, 6.45) is 0.